The minimum Gasteiger partial charge on any atom is -0.394 e. The molecule has 0 radical (unpaired) electrons. The predicted octanol–water partition coefficient (Wildman–Crippen LogP) is -2.12. The minimum absolute atomic E-state index is 0.0297. The van der Waals surface area contributed by atoms with Gasteiger partial charge in [0.05, 0.1) is 19.0 Å². The summed E-state index contributed by atoms with van der Waals surface area (Å²) in [4.78, 5) is 24.1. The topological polar surface area (TPSA) is 143 Å². The summed E-state index contributed by atoms with van der Waals surface area (Å²) in [6.45, 7) is -0.315. The third-order valence-corrected chi connectivity index (χ3v) is 3.84. The second-order valence-corrected chi connectivity index (χ2v) is 5.47. The second-order valence-electron chi connectivity index (χ2n) is 5.47. The van der Waals surface area contributed by atoms with Crippen molar-refractivity contribution in [2.24, 2.45) is 0 Å². The van der Waals surface area contributed by atoms with Gasteiger partial charge in [-0.2, -0.15) is 4.98 Å². The van der Waals surface area contributed by atoms with Gasteiger partial charge in [-0.3, -0.25) is 19.2 Å². The number of aliphatic hydroxyl groups is 2. The average Bonchev–Trinajstić information content (AvgIpc) is 2.99. The number of aliphatic hydroxyl groups excluding tert-OH is 2. The Bertz CT molecular complexity index is 741. The molecule has 1 fully saturated rings. The van der Waals surface area contributed by atoms with Crippen LogP contribution in [0.3, 0.4) is 0 Å². The molecule has 3 rings (SSSR count). The van der Waals surface area contributed by atoms with Gasteiger partial charge in [0.1, 0.15) is 12.2 Å². The van der Waals surface area contributed by atoms with Crippen molar-refractivity contribution in [2.45, 2.75) is 24.5 Å². The highest BCUT2D eigenvalue weighted by Gasteiger charge is 2.46. The van der Waals surface area contributed by atoms with Gasteiger partial charge < -0.3 is 20.7 Å². The Hall–Kier alpha value is -2.01. The number of ether oxygens (including phenoxy) is 1. The van der Waals surface area contributed by atoms with E-state index >= 15 is 0 Å². The normalized spacial score (nSPS) is 28.8. The van der Waals surface area contributed by atoms with Gasteiger partial charge in [-0.25, -0.2) is 4.98 Å². The first-order valence-electron chi connectivity index (χ1n) is 6.77. The van der Waals surface area contributed by atoms with Gasteiger partial charge in [0.15, 0.2) is 17.4 Å². The maximum Gasteiger partial charge on any atom is 0.280 e. The lowest BCUT2D eigenvalue weighted by molar-refractivity contribution is -0.0458. The fraction of sp³-hybridized carbons (Fsp3) is 0.583. The van der Waals surface area contributed by atoms with Crippen LogP contribution in [0.5, 0.6) is 0 Å². The molecule has 2 aromatic rings. The minimum atomic E-state index is -0.887. The molecular formula is C12H18N6O4. The number of likely N-dealkylation sites (N-methyl/N-ethyl adjacent to an activating group) is 1. The Kier molecular flexibility index (Phi) is 3.60. The maximum atomic E-state index is 11.8. The van der Waals surface area contributed by atoms with Crippen LogP contribution in [0.25, 0.3) is 11.2 Å². The summed E-state index contributed by atoms with van der Waals surface area (Å²) in [5.41, 5.74) is 5.54. The molecule has 0 spiro atoms. The zero-order valence-corrected chi connectivity index (χ0v) is 12.2. The van der Waals surface area contributed by atoms with Crippen LogP contribution in [0, 0.1) is 0 Å². The SMILES string of the molecule is CN(C)[C@@H]1[C@H](O)[C@@H](CO)O[C@H]1n1cnc2c(=O)[nH]c(N)nc21. The van der Waals surface area contributed by atoms with Gasteiger partial charge >= 0.3 is 0 Å². The smallest absolute Gasteiger partial charge is 0.280 e. The molecule has 3 heterocycles. The zero-order chi connectivity index (χ0) is 16.0. The van der Waals surface area contributed by atoms with Crippen LogP contribution in [0.2, 0.25) is 0 Å². The fourth-order valence-electron chi connectivity index (χ4n) is 2.80. The number of fused-ring (bicyclic) bond motifs is 1. The molecule has 1 saturated heterocycles. The number of rotatable bonds is 3. The van der Waals surface area contributed by atoms with Crippen molar-refractivity contribution in [2.75, 3.05) is 26.4 Å². The van der Waals surface area contributed by atoms with E-state index in [0.717, 1.165) is 0 Å². The van der Waals surface area contributed by atoms with E-state index in [-0.39, 0.29) is 23.7 Å². The molecule has 1 aliphatic heterocycles. The van der Waals surface area contributed by atoms with E-state index in [4.69, 9.17) is 10.5 Å². The Morgan fingerprint density at radius 2 is 2.27 bits per heavy atom. The van der Waals surface area contributed by atoms with Crippen molar-refractivity contribution >= 4 is 17.1 Å². The number of nitrogens with two attached hydrogens (primary N) is 1. The first-order valence-corrected chi connectivity index (χ1v) is 6.77. The lowest BCUT2D eigenvalue weighted by Crippen LogP contribution is -2.43. The Balaban J connectivity index is 2.12. The predicted molar refractivity (Wildman–Crippen MR) is 77.0 cm³/mol. The number of hydrogen-bond acceptors (Lipinski definition) is 8. The highest BCUT2D eigenvalue weighted by molar-refractivity contribution is 5.70. The summed E-state index contributed by atoms with van der Waals surface area (Å²) in [6, 6.07) is -0.433. The molecule has 22 heavy (non-hydrogen) atoms. The Morgan fingerprint density at radius 1 is 1.55 bits per heavy atom. The maximum absolute atomic E-state index is 11.8. The second kappa shape index (κ2) is 5.32. The first kappa shape index (κ1) is 14.9. The van der Waals surface area contributed by atoms with E-state index in [1.807, 2.05) is 0 Å². The largest absolute Gasteiger partial charge is 0.394 e. The highest BCUT2D eigenvalue weighted by atomic mass is 16.5. The van der Waals surface area contributed by atoms with Crippen molar-refractivity contribution in [1.82, 2.24) is 24.4 Å². The third kappa shape index (κ3) is 2.16. The molecule has 0 amide bonds. The number of nitrogen functional groups attached to an aromatic ring is 1. The lowest BCUT2D eigenvalue weighted by Gasteiger charge is -2.27. The van der Waals surface area contributed by atoms with Gasteiger partial charge in [0.25, 0.3) is 5.56 Å². The molecule has 5 N–H and O–H groups in total. The number of aromatic amines is 1. The summed E-state index contributed by atoms with van der Waals surface area (Å²) in [5.74, 6) is -0.0297. The van der Waals surface area contributed by atoms with Crippen molar-refractivity contribution in [3.05, 3.63) is 16.7 Å². The van der Waals surface area contributed by atoms with E-state index in [1.165, 1.54) is 6.33 Å². The molecule has 120 valence electrons. The van der Waals surface area contributed by atoms with Crippen LogP contribution < -0.4 is 11.3 Å². The van der Waals surface area contributed by atoms with Crippen molar-refractivity contribution in [3.63, 3.8) is 0 Å². The first-order chi connectivity index (χ1) is 10.4. The van der Waals surface area contributed by atoms with E-state index in [1.54, 1.807) is 23.6 Å². The summed E-state index contributed by atoms with van der Waals surface area (Å²) in [5, 5.41) is 19.6. The zero-order valence-electron chi connectivity index (χ0n) is 12.2. The lowest BCUT2D eigenvalue weighted by atomic mass is 10.1. The standard InChI is InChI=1S/C12H18N6O4/c1-17(2)7-8(20)5(3-19)22-11(7)18-4-14-6-9(18)15-12(13)16-10(6)21/h4-5,7-8,11,19-20H,3H2,1-2H3,(H3,13,15,16,21)/t5-,7-,8-,11-/m1/s1. The highest BCUT2D eigenvalue weighted by Crippen LogP contribution is 2.33. The van der Waals surface area contributed by atoms with Crippen LogP contribution >= 0.6 is 0 Å². The van der Waals surface area contributed by atoms with Gasteiger partial charge in [0.2, 0.25) is 5.95 Å². The van der Waals surface area contributed by atoms with Crippen molar-refractivity contribution in [3.8, 4) is 0 Å². The van der Waals surface area contributed by atoms with E-state index in [0.29, 0.717) is 0 Å². The number of H-pyrrole nitrogens is 1. The molecule has 10 heteroatoms. The molecule has 0 saturated carbocycles. The Morgan fingerprint density at radius 3 is 2.91 bits per heavy atom. The van der Waals surface area contributed by atoms with Crippen LogP contribution in [-0.2, 0) is 4.74 Å². The van der Waals surface area contributed by atoms with Crippen molar-refractivity contribution in [1.29, 1.82) is 0 Å². The number of imidazole rings is 1. The molecule has 0 aliphatic carbocycles. The van der Waals surface area contributed by atoms with Crippen molar-refractivity contribution < 1.29 is 14.9 Å². The number of anilines is 1. The van der Waals surface area contributed by atoms with Gasteiger partial charge in [0, 0.05) is 0 Å². The van der Waals surface area contributed by atoms with Gasteiger partial charge in [-0.1, -0.05) is 0 Å². The molecule has 0 aromatic carbocycles. The summed E-state index contributed by atoms with van der Waals surface area (Å²) in [6.07, 6.45) is -0.850. The Labute approximate surface area is 125 Å². The van der Waals surface area contributed by atoms with E-state index < -0.39 is 30.0 Å². The molecule has 0 unspecified atom stereocenters. The van der Waals surface area contributed by atoms with Crippen LogP contribution in [0.4, 0.5) is 5.95 Å². The molecule has 1 aliphatic rings. The average molecular weight is 310 g/mol. The summed E-state index contributed by atoms with van der Waals surface area (Å²) >= 11 is 0. The van der Waals surface area contributed by atoms with E-state index in [9.17, 15) is 15.0 Å². The number of nitrogens with zero attached hydrogens (tertiary/aromatic N) is 4. The molecule has 4 atom stereocenters. The number of hydrogen-bond donors (Lipinski definition) is 4. The molecular weight excluding hydrogens is 292 g/mol. The number of nitrogens with one attached hydrogen (secondary N) is 1. The fourth-order valence-corrected chi connectivity index (χ4v) is 2.80. The van der Waals surface area contributed by atoms with Crippen LogP contribution in [-0.4, -0.2) is 73.6 Å². The quantitative estimate of drug-likeness (QED) is 0.504. The summed E-state index contributed by atoms with van der Waals surface area (Å²) in [7, 11) is 3.58. The van der Waals surface area contributed by atoms with Gasteiger partial charge in [-0.05, 0) is 14.1 Å². The monoisotopic (exact) mass is 310 g/mol. The molecule has 10 nitrogen and oxygen atoms in total. The molecule has 2 aromatic heterocycles. The summed E-state index contributed by atoms with van der Waals surface area (Å²) < 4.78 is 7.26. The third-order valence-electron chi connectivity index (χ3n) is 3.84. The van der Waals surface area contributed by atoms with Crippen LogP contribution in [0.15, 0.2) is 11.1 Å². The van der Waals surface area contributed by atoms with E-state index in [2.05, 4.69) is 15.0 Å². The van der Waals surface area contributed by atoms with Crippen LogP contribution in [0.1, 0.15) is 6.23 Å². The molecule has 0 bridgehead atoms. The van der Waals surface area contributed by atoms with Gasteiger partial charge in [-0.15, -0.1) is 0 Å². The number of aromatic nitrogens is 4.